The summed E-state index contributed by atoms with van der Waals surface area (Å²) in [5, 5.41) is 0. The Morgan fingerprint density at radius 3 is 2.56 bits per heavy atom. The summed E-state index contributed by atoms with van der Waals surface area (Å²) < 4.78 is 28.6. The number of nitrogens with one attached hydrogen (secondary N) is 1. The first kappa shape index (κ1) is 19.3. The van der Waals surface area contributed by atoms with Crippen LogP contribution in [0, 0.1) is 0 Å². The van der Waals surface area contributed by atoms with Gasteiger partial charge in [0.15, 0.2) is 11.2 Å². The summed E-state index contributed by atoms with van der Waals surface area (Å²) in [6.45, 7) is 4.73. The predicted octanol–water partition coefficient (Wildman–Crippen LogP) is 1.70. The van der Waals surface area contributed by atoms with Gasteiger partial charge in [-0.05, 0) is 19.4 Å². The van der Waals surface area contributed by atoms with Crippen molar-refractivity contribution in [3.05, 3.63) is 26.7 Å². The molecule has 0 aliphatic carbocycles. The van der Waals surface area contributed by atoms with E-state index in [0.717, 1.165) is 19.3 Å². The third-order valence-electron chi connectivity index (χ3n) is 4.14. The first-order valence-electron chi connectivity index (χ1n) is 8.57. The maximum atomic E-state index is 12.8. The maximum Gasteiger partial charge on any atom is 0.330 e. The molecule has 0 bridgehead atoms. The van der Waals surface area contributed by atoms with Crippen LogP contribution in [0.1, 0.15) is 38.9 Å². The second-order valence-corrected chi connectivity index (χ2v) is 6.15. The van der Waals surface area contributed by atoms with E-state index >= 15 is 0 Å². The molecule has 0 aromatic carbocycles. The Bertz CT molecular complexity index is 824. The summed E-state index contributed by atoms with van der Waals surface area (Å²) in [5.74, 6) is 0.491. The van der Waals surface area contributed by atoms with Crippen molar-refractivity contribution in [3.8, 4) is 0 Å². The highest BCUT2D eigenvalue weighted by molar-refractivity contribution is 5.70. The highest BCUT2D eigenvalue weighted by Gasteiger charge is 2.19. The largest absolute Gasteiger partial charge is 0.330 e. The van der Waals surface area contributed by atoms with Gasteiger partial charge >= 0.3 is 5.69 Å². The molecule has 0 spiro atoms. The van der Waals surface area contributed by atoms with E-state index in [0.29, 0.717) is 30.1 Å². The number of unbranched alkanes of at least 4 members (excludes halogenated alkanes) is 1. The molecule has 2 aromatic heterocycles. The van der Waals surface area contributed by atoms with Crippen molar-refractivity contribution < 1.29 is 8.78 Å². The van der Waals surface area contributed by atoms with Crippen LogP contribution in [0.2, 0.25) is 0 Å². The first-order valence-corrected chi connectivity index (χ1v) is 8.57. The average Bonchev–Trinajstić information content (AvgIpc) is 2.84. The Morgan fingerprint density at radius 2 is 1.96 bits per heavy atom. The summed E-state index contributed by atoms with van der Waals surface area (Å²) in [4.78, 5) is 32.6. The van der Waals surface area contributed by atoms with Crippen molar-refractivity contribution in [1.82, 2.24) is 24.0 Å². The lowest BCUT2D eigenvalue weighted by Crippen LogP contribution is -2.31. The fourth-order valence-electron chi connectivity index (χ4n) is 2.90. The number of H-pyrrole nitrogens is 1. The molecule has 25 heavy (non-hydrogen) atoms. The monoisotopic (exact) mass is 357 g/mol. The quantitative estimate of drug-likeness (QED) is 0.741. The zero-order chi connectivity index (χ0) is 18.6. The van der Waals surface area contributed by atoms with Gasteiger partial charge in [0.1, 0.15) is 5.82 Å². The summed E-state index contributed by atoms with van der Waals surface area (Å²) in [5.41, 5.74) is -0.397. The van der Waals surface area contributed by atoms with E-state index in [9.17, 15) is 18.4 Å². The molecule has 0 aliphatic rings. The number of halogens is 2. The lowest BCUT2D eigenvalue weighted by Gasteiger charge is -2.20. The summed E-state index contributed by atoms with van der Waals surface area (Å²) in [6.07, 6.45) is -0.0307. The second kappa shape index (κ2) is 8.37. The van der Waals surface area contributed by atoms with Gasteiger partial charge in [-0.1, -0.05) is 20.3 Å². The molecule has 140 valence electrons. The van der Waals surface area contributed by atoms with Gasteiger partial charge in [0.25, 0.3) is 12.0 Å². The Balaban J connectivity index is 2.48. The predicted molar refractivity (Wildman–Crippen MR) is 92.1 cm³/mol. The van der Waals surface area contributed by atoms with Crippen LogP contribution < -0.4 is 11.2 Å². The van der Waals surface area contributed by atoms with Gasteiger partial charge in [0, 0.05) is 13.6 Å². The van der Waals surface area contributed by atoms with E-state index in [4.69, 9.17) is 0 Å². The standard InChI is InChI=1S/C16H25F2N5O2/c1-4-6-8-23-14-13(15(24)20-16(23)25)21(3)12(19-14)10-22(7-5-2)9-11(17)18/h11H,4-10H2,1-3H3,(H,20,24,25). The molecule has 2 rings (SSSR count). The van der Waals surface area contributed by atoms with Gasteiger partial charge in [0.05, 0.1) is 13.1 Å². The number of aromatic nitrogens is 4. The molecule has 0 unspecified atom stereocenters. The lowest BCUT2D eigenvalue weighted by molar-refractivity contribution is 0.0831. The molecule has 1 N–H and O–H groups in total. The average molecular weight is 357 g/mol. The molecule has 0 aliphatic heterocycles. The molecule has 2 heterocycles. The van der Waals surface area contributed by atoms with Gasteiger partial charge in [-0.25, -0.2) is 18.6 Å². The maximum absolute atomic E-state index is 12.8. The van der Waals surface area contributed by atoms with Crippen molar-refractivity contribution in [1.29, 1.82) is 0 Å². The molecule has 0 amide bonds. The Hall–Kier alpha value is -2.03. The third-order valence-corrected chi connectivity index (χ3v) is 4.14. The van der Waals surface area contributed by atoms with Crippen molar-refractivity contribution in [2.45, 2.75) is 52.6 Å². The molecule has 0 radical (unpaired) electrons. The highest BCUT2D eigenvalue weighted by Crippen LogP contribution is 2.13. The number of rotatable bonds is 9. The minimum absolute atomic E-state index is 0.199. The normalized spacial score (nSPS) is 12.0. The lowest BCUT2D eigenvalue weighted by atomic mass is 10.3. The SMILES string of the molecule is CCCCn1c(=O)[nH]c(=O)c2c1nc(CN(CCC)CC(F)F)n2C. The number of aryl methyl sites for hydroxylation is 2. The minimum atomic E-state index is -2.44. The molecule has 0 fully saturated rings. The van der Waals surface area contributed by atoms with Crippen molar-refractivity contribution in [2.24, 2.45) is 7.05 Å². The van der Waals surface area contributed by atoms with E-state index in [1.807, 2.05) is 13.8 Å². The fraction of sp³-hybridized carbons (Fsp3) is 0.688. The Kier molecular flexibility index (Phi) is 6.46. The van der Waals surface area contributed by atoms with E-state index in [1.165, 1.54) is 4.57 Å². The number of alkyl halides is 2. The second-order valence-electron chi connectivity index (χ2n) is 6.15. The zero-order valence-corrected chi connectivity index (χ0v) is 14.9. The number of hydrogen-bond acceptors (Lipinski definition) is 4. The van der Waals surface area contributed by atoms with Gasteiger partial charge < -0.3 is 4.57 Å². The van der Waals surface area contributed by atoms with Crippen LogP contribution in [0.3, 0.4) is 0 Å². The third kappa shape index (κ3) is 4.33. The zero-order valence-electron chi connectivity index (χ0n) is 14.9. The van der Waals surface area contributed by atoms with Gasteiger partial charge in [-0.3, -0.25) is 19.2 Å². The fourth-order valence-corrected chi connectivity index (χ4v) is 2.90. The summed E-state index contributed by atoms with van der Waals surface area (Å²) in [7, 11) is 1.67. The number of fused-ring (bicyclic) bond motifs is 1. The highest BCUT2D eigenvalue weighted by atomic mass is 19.3. The number of hydrogen-bond donors (Lipinski definition) is 1. The van der Waals surface area contributed by atoms with Gasteiger partial charge in [-0.2, -0.15) is 0 Å². The van der Waals surface area contributed by atoms with Crippen LogP contribution in [0.15, 0.2) is 9.59 Å². The van der Waals surface area contributed by atoms with E-state index in [-0.39, 0.29) is 13.1 Å². The van der Waals surface area contributed by atoms with Gasteiger partial charge in [0.2, 0.25) is 0 Å². The topological polar surface area (TPSA) is 75.9 Å². The van der Waals surface area contributed by atoms with Crippen LogP contribution >= 0.6 is 0 Å². The van der Waals surface area contributed by atoms with E-state index in [1.54, 1.807) is 16.5 Å². The van der Waals surface area contributed by atoms with Crippen LogP contribution in [0.5, 0.6) is 0 Å². The summed E-state index contributed by atoms with van der Waals surface area (Å²) in [6, 6.07) is 0. The molecule has 0 saturated carbocycles. The van der Waals surface area contributed by atoms with Crippen molar-refractivity contribution in [2.75, 3.05) is 13.1 Å². The van der Waals surface area contributed by atoms with Crippen LogP contribution in [-0.4, -0.2) is 43.5 Å². The van der Waals surface area contributed by atoms with Gasteiger partial charge in [-0.15, -0.1) is 0 Å². The van der Waals surface area contributed by atoms with Crippen molar-refractivity contribution >= 4 is 11.2 Å². The smallest absolute Gasteiger partial charge is 0.324 e. The summed E-state index contributed by atoms with van der Waals surface area (Å²) >= 11 is 0. The molecule has 9 heteroatoms. The van der Waals surface area contributed by atoms with Crippen LogP contribution in [0.25, 0.3) is 11.2 Å². The van der Waals surface area contributed by atoms with Crippen LogP contribution in [0.4, 0.5) is 8.78 Å². The number of nitrogens with zero attached hydrogens (tertiary/aromatic N) is 4. The molecule has 0 atom stereocenters. The molecule has 2 aromatic rings. The first-order chi connectivity index (χ1) is 11.9. The van der Waals surface area contributed by atoms with E-state index < -0.39 is 17.7 Å². The minimum Gasteiger partial charge on any atom is -0.324 e. The number of aromatic amines is 1. The van der Waals surface area contributed by atoms with Crippen LogP contribution in [-0.2, 0) is 20.1 Å². The molecular weight excluding hydrogens is 332 g/mol. The molecular formula is C16H25F2N5O2. The Labute approximate surface area is 144 Å². The molecule has 7 nitrogen and oxygen atoms in total. The van der Waals surface area contributed by atoms with Crippen molar-refractivity contribution in [3.63, 3.8) is 0 Å². The van der Waals surface area contributed by atoms with E-state index in [2.05, 4.69) is 9.97 Å². The Morgan fingerprint density at radius 1 is 1.24 bits per heavy atom. The molecule has 0 saturated heterocycles. The number of imidazole rings is 1.